The van der Waals surface area contributed by atoms with E-state index in [1.165, 1.54) is 20.5 Å². The zero-order valence-corrected chi connectivity index (χ0v) is 14.0. The first-order valence-electron chi connectivity index (χ1n) is 7.46. The number of amides is 1. The van der Waals surface area contributed by atoms with Crippen LogP contribution in [0.2, 0.25) is 0 Å². The smallest absolute Gasteiger partial charge is 0.331 e. The van der Waals surface area contributed by atoms with Crippen LogP contribution in [0.15, 0.2) is 21.0 Å². The van der Waals surface area contributed by atoms with E-state index in [0.29, 0.717) is 23.3 Å². The Bertz CT molecular complexity index is 787. The molecule has 2 aromatic rings. The van der Waals surface area contributed by atoms with Gasteiger partial charge in [0.2, 0.25) is 5.91 Å². The number of likely N-dealkylation sites (N-methyl/N-ethyl adjacent to an activating group) is 1. The highest BCUT2D eigenvalue weighted by Gasteiger charge is 2.17. The number of nitrogens with zero attached hydrogens (tertiary/aromatic N) is 3. The fourth-order valence-corrected chi connectivity index (χ4v) is 3.18. The number of hydrogen-bond donors (Lipinski definition) is 0. The third kappa shape index (κ3) is 2.99. The Morgan fingerprint density at radius 2 is 2.00 bits per heavy atom. The zero-order valence-electron chi connectivity index (χ0n) is 13.2. The number of aromatic nitrogens is 2. The molecule has 0 radical (unpaired) electrons. The van der Waals surface area contributed by atoms with Gasteiger partial charge in [0.1, 0.15) is 11.2 Å². The van der Waals surface area contributed by atoms with Crippen molar-refractivity contribution in [2.24, 2.45) is 0 Å². The summed E-state index contributed by atoms with van der Waals surface area (Å²) in [5.41, 5.74) is -0.155. The summed E-state index contributed by atoms with van der Waals surface area (Å²) in [4.78, 5) is 38.6. The average molecular weight is 323 g/mol. The molecule has 1 amide bonds. The van der Waals surface area contributed by atoms with Gasteiger partial charge in [-0.3, -0.25) is 18.7 Å². The predicted molar refractivity (Wildman–Crippen MR) is 88.6 cm³/mol. The summed E-state index contributed by atoms with van der Waals surface area (Å²) in [7, 11) is 1.74. The van der Waals surface area contributed by atoms with E-state index in [1.54, 1.807) is 30.3 Å². The standard InChI is InChI=1S/C15H21N3O3S/c1-4-6-8-16(3)12(19)10-18-11-7-9-22-13(11)14(20)17(5-2)15(18)21/h7,9H,4-6,8,10H2,1-3H3. The van der Waals surface area contributed by atoms with E-state index in [4.69, 9.17) is 0 Å². The Hall–Kier alpha value is -1.89. The lowest BCUT2D eigenvalue weighted by atomic mass is 10.3. The molecule has 2 aromatic heterocycles. The molecule has 0 unspecified atom stereocenters. The van der Waals surface area contributed by atoms with Gasteiger partial charge in [0.05, 0.1) is 5.52 Å². The highest BCUT2D eigenvalue weighted by Crippen LogP contribution is 2.15. The van der Waals surface area contributed by atoms with E-state index in [1.807, 2.05) is 0 Å². The Balaban J connectivity index is 2.43. The minimum atomic E-state index is -0.421. The van der Waals surface area contributed by atoms with Crippen LogP contribution in [0.4, 0.5) is 0 Å². The van der Waals surface area contributed by atoms with Gasteiger partial charge in [0, 0.05) is 20.1 Å². The van der Waals surface area contributed by atoms with E-state index in [0.717, 1.165) is 12.8 Å². The van der Waals surface area contributed by atoms with Crippen LogP contribution in [0.25, 0.3) is 10.2 Å². The first-order valence-corrected chi connectivity index (χ1v) is 8.34. The molecule has 2 heterocycles. The van der Waals surface area contributed by atoms with Crippen molar-refractivity contribution >= 4 is 27.5 Å². The summed E-state index contributed by atoms with van der Waals surface area (Å²) in [6.07, 6.45) is 1.94. The van der Waals surface area contributed by atoms with Crippen molar-refractivity contribution in [3.63, 3.8) is 0 Å². The molecule has 0 N–H and O–H groups in total. The van der Waals surface area contributed by atoms with Crippen LogP contribution < -0.4 is 11.2 Å². The molecule has 0 saturated carbocycles. The molecular formula is C15H21N3O3S. The number of fused-ring (bicyclic) bond motifs is 1. The minimum absolute atomic E-state index is 0.0352. The third-order valence-electron chi connectivity index (χ3n) is 3.72. The van der Waals surface area contributed by atoms with Crippen molar-refractivity contribution in [2.75, 3.05) is 13.6 Å². The SMILES string of the molecule is CCCCN(C)C(=O)Cn1c(=O)n(CC)c(=O)c2sccc21. The number of hydrogen-bond acceptors (Lipinski definition) is 4. The summed E-state index contributed by atoms with van der Waals surface area (Å²) < 4.78 is 3.10. The first kappa shape index (κ1) is 16.5. The van der Waals surface area contributed by atoms with E-state index >= 15 is 0 Å². The van der Waals surface area contributed by atoms with Crippen molar-refractivity contribution < 1.29 is 4.79 Å². The molecule has 0 aromatic carbocycles. The molecule has 0 aliphatic carbocycles. The van der Waals surface area contributed by atoms with Gasteiger partial charge in [-0.25, -0.2) is 4.79 Å². The number of unbranched alkanes of at least 4 members (excludes halogenated alkanes) is 1. The van der Waals surface area contributed by atoms with E-state index < -0.39 is 5.69 Å². The summed E-state index contributed by atoms with van der Waals surface area (Å²) in [6.45, 7) is 4.75. The van der Waals surface area contributed by atoms with Crippen LogP contribution in [-0.2, 0) is 17.9 Å². The second-order valence-corrected chi connectivity index (χ2v) is 6.14. The molecule has 0 aliphatic heterocycles. The maximum Gasteiger partial charge on any atom is 0.331 e. The molecule has 0 atom stereocenters. The Kier molecular flexibility index (Phi) is 5.18. The van der Waals surface area contributed by atoms with Gasteiger partial charge in [0.15, 0.2) is 0 Å². The normalized spacial score (nSPS) is 11.0. The van der Waals surface area contributed by atoms with Gasteiger partial charge in [0.25, 0.3) is 5.56 Å². The van der Waals surface area contributed by atoms with Crippen LogP contribution >= 0.6 is 11.3 Å². The zero-order chi connectivity index (χ0) is 16.3. The quantitative estimate of drug-likeness (QED) is 0.809. The lowest BCUT2D eigenvalue weighted by Gasteiger charge is -2.18. The Morgan fingerprint density at radius 3 is 2.64 bits per heavy atom. The van der Waals surface area contributed by atoms with Crippen molar-refractivity contribution in [3.8, 4) is 0 Å². The average Bonchev–Trinajstić information content (AvgIpc) is 2.99. The van der Waals surface area contributed by atoms with Crippen LogP contribution in [-0.4, -0.2) is 33.5 Å². The van der Waals surface area contributed by atoms with Crippen molar-refractivity contribution in [1.82, 2.24) is 14.0 Å². The molecule has 0 saturated heterocycles. The second-order valence-electron chi connectivity index (χ2n) is 5.22. The molecule has 7 heteroatoms. The summed E-state index contributed by atoms with van der Waals surface area (Å²) in [6, 6.07) is 1.72. The Labute approximate surface area is 132 Å². The van der Waals surface area contributed by atoms with Crippen molar-refractivity contribution in [1.29, 1.82) is 0 Å². The predicted octanol–water partition coefficient (Wildman–Crippen LogP) is 1.50. The molecule has 22 heavy (non-hydrogen) atoms. The van der Waals surface area contributed by atoms with Crippen molar-refractivity contribution in [2.45, 2.75) is 39.8 Å². The van der Waals surface area contributed by atoms with Crippen LogP contribution in [0.1, 0.15) is 26.7 Å². The van der Waals surface area contributed by atoms with Crippen LogP contribution in [0.5, 0.6) is 0 Å². The first-order chi connectivity index (χ1) is 10.5. The van der Waals surface area contributed by atoms with Gasteiger partial charge < -0.3 is 4.90 Å². The fraction of sp³-hybridized carbons (Fsp3) is 0.533. The van der Waals surface area contributed by atoms with Gasteiger partial charge >= 0.3 is 5.69 Å². The molecule has 0 bridgehead atoms. The van der Waals surface area contributed by atoms with Crippen LogP contribution in [0.3, 0.4) is 0 Å². The number of rotatable bonds is 6. The van der Waals surface area contributed by atoms with Crippen molar-refractivity contribution in [3.05, 3.63) is 32.3 Å². The lowest BCUT2D eigenvalue weighted by molar-refractivity contribution is -0.130. The third-order valence-corrected chi connectivity index (χ3v) is 4.61. The monoisotopic (exact) mass is 323 g/mol. The maximum atomic E-state index is 12.5. The lowest BCUT2D eigenvalue weighted by Crippen LogP contribution is -2.42. The summed E-state index contributed by atoms with van der Waals surface area (Å²) in [5, 5.41) is 1.77. The number of carbonyl (C=O) groups excluding carboxylic acids is 1. The van der Waals surface area contributed by atoms with E-state index in [2.05, 4.69) is 6.92 Å². The molecule has 6 nitrogen and oxygen atoms in total. The van der Waals surface area contributed by atoms with Gasteiger partial charge in [-0.15, -0.1) is 11.3 Å². The van der Waals surface area contributed by atoms with Gasteiger partial charge in [-0.05, 0) is 24.8 Å². The highest BCUT2D eigenvalue weighted by atomic mass is 32.1. The van der Waals surface area contributed by atoms with Gasteiger partial charge in [-0.2, -0.15) is 0 Å². The highest BCUT2D eigenvalue weighted by molar-refractivity contribution is 7.17. The Morgan fingerprint density at radius 1 is 1.27 bits per heavy atom. The summed E-state index contributed by atoms with van der Waals surface area (Å²) in [5.74, 6) is -0.121. The van der Waals surface area contributed by atoms with E-state index in [9.17, 15) is 14.4 Å². The van der Waals surface area contributed by atoms with Crippen LogP contribution in [0, 0.1) is 0 Å². The number of carbonyl (C=O) groups is 1. The van der Waals surface area contributed by atoms with Gasteiger partial charge in [-0.1, -0.05) is 13.3 Å². The minimum Gasteiger partial charge on any atom is -0.344 e. The topological polar surface area (TPSA) is 64.3 Å². The van der Waals surface area contributed by atoms with E-state index in [-0.39, 0.29) is 18.0 Å². The molecule has 0 aliphatic rings. The second kappa shape index (κ2) is 6.91. The summed E-state index contributed by atoms with van der Waals surface area (Å²) >= 11 is 1.30. The fourth-order valence-electron chi connectivity index (χ4n) is 2.34. The number of thiophene rings is 1. The maximum absolute atomic E-state index is 12.5. The largest absolute Gasteiger partial charge is 0.344 e. The molecular weight excluding hydrogens is 302 g/mol. The molecule has 0 spiro atoms. The molecule has 2 rings (SSSR count). The molecule has 0 fully saturated rings. The molecule has 120 valence electrons.